The Bertz CT molecular complexity index is 383. The first-order valence-electron chi connectivity index (χ1n) is 7.34. The second-order valence-electron chi connectivity index (χ2n) is 6.79. The van der Waals surface area contributed by atoms with Crippen LogP contribution in [0.5, 0.6) is 0 Å². The zero-order valence-corrected chi connectivity index (χ0v) is 12.5. The van der Waals surface area contributed by atoms with Gasteiger partial charge in [-0.15, -0.1) is 0 Å². The predicted octanol–water partition coefficient (Wildman–Crippen LogP) is 2.64. The van der Waals surface area contributed by atoms with Gasteiger partial charge in [-0.25, -0.2) is 8.42 Å². The summed E-state index contributed by atoms with van der Waals surface area (Å²) in [4.78, 5) is 0. The van der Waals surface area contributed by atoms with Gasteiger partial charge in [0.15, 0.2) is 9.84 Å². The van der Waals surface area contributed by atoms with Crippen molar-refractivity contribution in [3.05, 3.63) is 0 Å². The van der Waals surface area contributed by atoms with Crippen LogP contribution in [-0.2, 0) is 9.84 Å². The molecule has 0 aliphatic heterocycles. The lowest BCUT2D eigenvalue weighted by molar-refractivity contribution is 0.203. The fourth-order valence-electron chi connectivity index (χ4n) is 3.62. The van der Waals surface area contributed by atoms with Gasteiger partial charge in [-0.1, -0.05) is 39.5 Å². The maximum Gasteiger partial charge on any atom is 0.157 e. The van der Waals surface area contributed by atoms with Gasteiger partial charge < -0.3 is 5.73 Å². The fourth-order valence-corrected chi connectivity index (χ4v) is 6.37. The molecule has 2 saturated carbocycles. The first-order valence-corrected chi connectivity index (χ1v) is 8.95. The van der Waals surface area contributed by atoms with Crippen molar-refractivity contribution >= 4 is 9.84 Å². The minimum absolute atomic E-state index is 0.0371. The molecule has 2 unspecified atom stereocenters. The molecular formula is C14H27NO2S. The Morgan fingerprint density at radius 2 is 1.61 bits per heavy atom. The minimum Gasteiger partial charge on any atom is -0.326 e. The summed E-state index contributed by atoms with van der Waals surface area (Å²) in [7, 11) is -3.03. The SMILES string of the molecule is CC1(C)CCCC(S(=O)(=O)C2CCCCC2)C1N. The highest BCUT2D eigenvalue weighted by atomic mass is 32.2. The lowest BCUT2D eigenvalue weighted by Crippen LogP contribution is -2.54. The highest BCUT2D eigenvalue weighted by Crippen LogP contribution is 2.39. The number of rotatable bonds is 2. The smallest absolute Gasteiger partial charge is 0.157 e. The van der Waals surface area contributed by atoms with Crippen molar-refractivity contribution in [1.82, 2.24) is 0 Å². The largest absolute Gasteiger partial charge is 0.326 e. The predicted molar refractivity (Wildman–Crippen MR) is 75.2 cm³/mol. The summed E-state index contributed by atoms with van der Waals surface area (Å²) in [6, 6.07) is -0.196. The Balaban J connectivity index is 2.18. The lowest BCUT2D eigenvalue weighted by Gasteiger charge is -2.42. The second-order valence-corrected chi connectivity index (χ2v) is 9.24. The first kappa shape index (κ1) is 14.3. The molecule has 2 aliphatic carbocycles. The molecule has 0 saturated heterocycles. The van der Waals surface area contributed by atoms with Gasteiger partial charge in [0, 0.05) is 6.04 Å². The molecule has 0 aromatic carbocycles. The Labute approximate surface area is 111 Å². The summed E-state index contributed by atoms with van der Waals surface area (Å²) in [5.74, 6) is 0. The van der Waals surface area contributed by atoms with Crippen LogP contribution in [0.25, 0.3) is 0 Å². The lowest BCUT2D eigenvalue weighted by atomic mass is 9.73. The van der Waals surface area contributed by atoms with E-state index in [4.69, 9.17) is 5.73 Å². The molecule has 0 aromatic rings. The fraction of sp³-hybridized carbons (Fsp3) is 1.00. The van der Waals surface area contributed by atoms with Crippen molar-refractivity contribution in [3.63, 3.8) is 0 Å². The third-order valence-electron chi connectivity index (χ3n) is 5.05. The third kappa shape index (κ3) is 2.60. The van der Waals surface area contributed by atoms with Crippen LogP contribution in [-0.4, -0.2) is 25.0 Å². The van der Waals surface area contributed by atoms with E-state index in [9.17, 15) is 8.42 Å². The van der Waals surface area contributed by atoms with E-state index < -0.39 is 9.84 Å². The molecule has 2 rings (SSSR count). The number of hydrogen-bond donors (Lipinski definition) is 1. The van der Waals surface area contributed by atoms with Gasteiger partial charge >= 0.3 is 0 Å². The van der Waals surface area contributed by atoms with Crippen LogP contribution in [0.4, 0.5) is 0 Å². The van der Waals surface area contributed by atoms with Crippen molar-refractivity contribution in [2.24, 2.45) is 11.1 Å². The standard InChI is InChI=1S/C14H27NO2S/c1-14(2)10-6-9-12(13(14)15)18(16,17)11-7-4-3-5-8-11/h11-13H,3-10,15H2,1-2H3. The maximum atomic E-state index is 12.8. The van der Waals surface area contributed by atoms with Crippen LogP contribution in [0.2, 0.25) is 0 Å². The van der Waals surface area contributed by atoms with E-state index in [1.54, 1.807) is 0 Å². The van der Waals surface area contributed by atoms with Crippen LogP contribution >= 0.6 is 0 Å². The van der Waals surface area contributed by atoms with Gasteiger partial charge in [0.05, 0.1) is 10.5 Å². The average molecular weight is 273 g/mol. The van der Waals surface area contributed by atoms with E-state index in [0.717, 1.165) is 44.9 Å². The molecule has 2 aliphatic rings. The van der Waals surface area contributed by atoms with Crippen LogP contribution in [0.15, 0.2) is 0 Å². The molecule has 0 aromatic heterocycles. The molecule has 0 spiro atoms. The summed E-state index contributed by atoms with van der Waals surface area (Å²) in [6.45, 7) is 4.22. The van der Waals surface area contributed by atoms with Crippen LogP contribution in [0.3, 0.4) is 0 Å². The van der Waals surface area contributed by atoms with Crippen LogP contribution in [0.1, 0.15) is 65.2 Å². The van der Waals surface area contributed by atoms with E-state index in [-0.39, 0.29) is 22.0 Å². The normalized spacial score (nSPS) is 34.4. The molecule has 2 fully saturated rings. The average Bonchev–Trinajstić information content (AvgIpc) is 2.33. The molecule has 18 heavy (non-hydrogen) atoms. The monoisotopic (exact) mass is 273 g/mol. The summed E-state index contributed by atoms with van der Waals surface area (Å²) in [5, 5.41) is -0.416. The molecule has 106 valence electrons. The number of sulfone groups is 1. The van der Waals surface area contributed by atoms with E-state index in [2.05, 4.69) is 13.8 Å². The van der Waals surface area contributed by atoms with Gasteiger partial charge in [0.1, 0.15) is 0 Å². The highest BCUT2D eigenvalue weighted by molar-refractivity contribution is 7.92. The number of nitrogens with two attached hydrogens (primary N) is 1. The molecule has 0 bridgehead atoms. The van der Waals surface area contributed by atoms with Gasteiger partial charge in [0.2, 0.25) is 0 Å². The number of hydrogen-bond acceptors (Lipinski definition) is 3. The summed E-state index contributed by atoms with van der Waals surface area (Å²) in [5.41, 5.74) is 6.23. The Morgan fingerprint density at radius 1 is 1.00 bits per heavy atom. The first-order chi connectivity index (χ1) is 8.36. The van der Waals surface area contributed by atoms with Crippen molar-refractivity contribution in [2.45, 2.75) is 81.8 Å². The van der Waals surface area contributed by atoms with Gasteiger partial charge in [0.25, 0.3) is 0 Å². The maximum absolute atomic E-state index is 12.8. The van der Waals surface area contributed by atoms with Crippen molar-refractivity contribution < 1.29 is 8.42 Å². The van der Waals surface area contributed by atoms with E-state index in [0.29, 0.717) is 0 Å². The van der Waals surface area contributed by atoms with Crippen LogP contribution < -0.4 is 5.73 Å². The highest BCUT2D eigenvalue weighted by Gasteiger charge is 2.45. The molecule has 0 heterocycles. The van der Waals surface area contributed by atoms with Crippen molar-refractivity contribution in [2.75, 3.05) is 0 Å². The molecule has 0 radical (unpaired) electrons. The molecular weight excluding hydrogens is 246 g/mol. The second kappa shape index (κ2) is 5.12. The quantitative estimate of drug-likeness (QED) is 0.841. The summed E-state index contributed by atoms with van der Waals surface area (Å²) in [6.07, 6.45) is 7.84. The summed E-state index contributed by atoms with van der Waals surface area (Å²) >= 11 is 0. The molecule has 3 nitrogen and oxygen atoms in total. The summed E-state index contributed by atoms with van der Waals surface area (Å²) < 4.78 is 25.5. The Morgan fingerprint density at radius 3 is 2.22 bits per heavy atom. The molecule has 4 heteroatoms. The van der Waals surface area contributed by atoms with Crippen molar-refractivity contribution in [1.29, 1.82) is 0 Å². The van der Waals surface area contributed by atoms with Gasteiger partial charge in [-0.2, -0.15) is 0 Å². The zero-order chi connectivity index (χ0) is 13.4. The van der Waals surface area contributed by atoms with E-state index in [1.165, 1.54) is 6.42 Å². The molecule has 2 N–H and O–H groups in total. The topological polar surface area (TPSA) is 60.2 Å². The van der Waals surface area contributed by atoms with E-state index in [1.807, 2.05) is 0 Å². The van der Waals surface area contributed by atoms with E-state index >= 15 is 0 Å². The van der Waals surface area contributed by atoms with Crippen LogP contribution in [0, 0.1) is 5.41 Å². The van der Waals surface area contributed by atoms with Gasteiger partial charge in [-0.05, 0) is 31.1 Å². The zero-order valence-electron chi connectivity index (χ0n) is 11.7. The third-order valence-corrected chi connectivity index (χ3v) is 7.82. The van der Waals surface area contributed by atoms with Crippen molar-refractivity contribution in [3.8, 4) is 0 Å². The Kier molecular flexibility index (Phi) is 4.07. The minimum atomic E-state index is -3.03. The Hall–Kier alpha value is -0.0900. The molecule has 2 atom stereocenters. The molecule has 0 amide bonds. The van der Waals surface area contributed by atoms with Gasteiger partial charge in [-0.3, -0.25) is 0 Å².